The van der Waals surface area contributed by atoms with Crippen LogP contribution in [0.1, 0.15) is 37.8 Å². The summed E-state index contributed by atoms with van der Waals surface area (Å²) in [5.41, 5.74) is 4.03. The van der Waals surface area contributed by atoms with Gasteiger partial charge in [-0.2, -0.15) is 0 Å². The number of nitrogens with one attached hydrogen (secondary N) is 1. The van der Waals surface area contributed by atoms with E-state index in [0.29, 0.717) is 22.4 Å². The van der Waals surface area contributed by atoms with E-state index in [9.17, 15) is 9.90 Å². The number of H-pyrrole nitrogens is 1. The lowest BCUT2D eigenvalue weighted by Gasteiger charge is -2.23. The van der Waals surface area contributed by atoms with Crippen LogP contribution in [0.15, 0.2) is 76.5 Å². The van der Waals surface area contributed by atoms with E-state index in [-0.39, 0.29) is 17.5 Å². The molecule has 7 heteroatoms. The van der Waals surface area contributed by atoms with Crippen molar-refractivity contribution in [3.05, 3.63) is 88.2 Å². The number of aromatic amines is 1. The van der Waals surface area contributed by atoms with Gasteiger partial charge >= 0.3 is 0 Å². The molecule has 0 spiro atoms. The zero-order valence-corrected chi connectivity index (χ0v) is 22.7. The van der Waals surface area contributed by atoms with E-state index in [2.05, 4.69) is 27.0 Å². The van der Waals surface area contributed by atoms with Gasteiger partial charge in [0.25, 0.3) is 5.56 Å². The Morgan fingerprint density at radius 2 is 1.79 bits per heavy atom. The van der Waals surface area contributed by atoms with Crippen LogP contribution in [0, 0.1) is 0 Å². The number of aromatic nitrogens is 1. The summed E-state index contributed by atoms with van der Waals surface area (Å²) in [5.74, 6) is 0.599. The highest BCUT2D eigenvalue weighted by molar-refractivity contribution is 6.03. The first-order valence-electron chi connectivity index (χ1n) is 13.4. The number of fused-ring (bicyclic) bond motifs is 1. The Balaban J connectivity index is 1.39. The third kappa shape index (κ3) is 6.21. The molecule has 4 aromatic rings. The van der Waals surface area contributed by atoms with E-state index in [0.717, 1.165) is 42.3 Å². The van der Waals surface area contributed by atoms with Crippen LogP contribution in [-0.2, 0) is 11.3 Å². The predicted molar refractivity (Wildman–Crippen MR) is 156 cm³/mol. The van der Waals surface area contributed by atoms with Gasteiger partial charge in [0.1, 0.15) is 5.75 Å². The third-order valence-electron chi connectivity index (χ3n) is 7.12. The molecule has 7 nitrogen and oxygen atoms in total. The smallest absolute Gasteiger partial charge is 0.258 e. The molecule has 1 fully saturated rings. The molecule has 0 radical (unpaired) electrons. The summed E-state index contributed by atoms with van der Waals surface area (Å²) < 4.78 is 11.1. The molecule has 1 saturated heterocycles. The molecule has 202 valence electrons. The van der Waals surface area contributed by atoms with Crippen LogP contribution < -0.4 is 10.3 Å². The number of ether oxygens (including phenoxy) is 2. The number of aromatic hydroxyl groups is 1. The van der Waals surface area contributed by atoms with Crippen molar-refractivity contribution in [1.82, 2.24) is 9.88 Å². The average Bonchev–Trinajstić information content (AvgIpc) is 3.36. The zero-order valence-electron chi connectivity index (χ0n) is 22.7. The minimum Gasteiger partial charge on any atom is -0.494 e. The zero-order chi connectivity index (χ0) is 27.4. The molecule has 0 aliphatic carbocycles. The molecular formula is C32H35N3O4. The molecule has 1 atom stereocenters. The summed E-state index contributed by atoms with van der Waals surface area (Å²) >= 11 is 0. The molecule has 0 saturated carbocycles. The van der Waals surface area contributed by atoms with E-state index in [4.69, 9.17) is 9.47 Å². The van der Waals surface area contributed by atoms with Crippen molar-refractivity contribution < 1.29 is 14.6 Å². The van der Waals surface area contributed by atoms with Gasteiger partial charge in [-0.05, 0) is 86.3 Å². The van der Waals surface area contributed by atoms with Crippen LogP contribution in [0.3, 0.4) is 0 Å². The Morgan fingerprint density at radius 1 is 1.05 bits per heavy atom. The second kappa shape index (κ2) is 11.8. The first-order valence-corrected chi connectivity index (χ1v) is 13.4. The Kier molecular flexibility index (Phi) is 8.10. The summed E-state index contributed by atoms with van der Waals surface area (Å²) in [7, 11) is 1.76. The van der Waals surface area contributed by atoms with E-state index >= 15 is 0 Å². The van der Waals surface area contributed by atoms with Gasteiger partial charge < -0.3 is 14.6 Å². The molecule has 3 aromatic carbocycles. The summed E-state index contributed by atoms with van der Waals surface area (Å²) in [6.45, 7) is 6.72. The van der Waals surface area contributed by atoms with Crippen molar-refractivity contribution in [3.63, 3.8) is 0 Å². The lowest BCUT2D eigenvalue weighted by atomic mass is 9.99. The second-order valence-corrected chi connectivity index (χ2v) is 10.3. The number of aliphatic imine (C=N–C) groups is 1. The summed E-state index contributed by atoms with van der Waals surface area (Å²) in [6, 6.07) is 22.0. The summed E-state index contributed by atoms with van der Waals surface area (Å²) in [6.07, 6.45) is 4.09. The van der Waals surface area contributed by atoms with Gasteiger partial charge in [-0.15, -0.1) is 0 Å². The quantitative estimate of drug-likeness (QED) is 0.260. The van der Waals surface area contributed by atoms with Gasteiger partial charge in [0.15, 0.2) is 0 Å². The van der Waals surface area contributed by atoms with Crippen molar-refractivity contribution >= 4 is 22.7 Å². The number of nitrogens with zero attached hydrogens (tertiary/aromatic N) is 2. The molecule has 5 rings (SSSR count). The van der Waals surface area contributed by atoms with Gasteiger partial charge in [-0.3, -0.25) is 19.7 Å². The van der Waals surface area contributed by atoms with Crippen molar-refractivity contribution in [2.24, 2.45) is 4.99 Å². The maximum Gasteiger partial charge on any atom is 0.258 e. The molecule has 1 aliphatic heterocycles. The SMILES string of the molecule is COC[C@H]1CCCN1Cc1ccc(N=Cc2c(O)[nH]c(=O)c3ccc(-c4ccc(OC(C)C)cc4)cc23)cc1. The molecule has 1 aliphatic rings. The second-order valence-electron chi connectivity index (χ2n) is 10.3. The largest absolute Gasteiger partial charge is 0.494 e. The first kappa shape index (κ1) is 26.7. The average molecular weight is 526 g/mol. The monoisotopic (exact) mass is 525 g/mol. The number of rotatable bonds is 9. The van der Waals surface area contributed by atoms with E-state index in [1.807, 2.05) is 62.4 Å². The van der Waals surface area contributed by atoms with Crippen LogP contribution in [0.25, 0.3) is 21.9 Å². The number of hydrogen-bond donors (Lipinski definition) is 2. The molecule has 39 heavy (non-hydrogen) atoms. The van der Waals surface area contributed by atoms with E-state index < -0.39 is 0 Å². The van der Waals surface area contributed by atoms with Crippen molar-refractivity contribution in [2.75, 3.05) is 20.3 Å². The molecule has 2 heterocycles. The van der Waals surface area contributed by atoms with E-state index in [1.54, 1.807) is 19.4 Å². The molecule has 2 N–H and O–H groups in total. The van der Waals surface area contributed by atoms with Crippen molar-refractivity contribution in [3.8, 4) is 22.8 Å². The predicted octanol–water partition coefficient (Wildman–Crippen LogP) is 6.05. The number of pyridine rings is 1. The van der Waals surface area contributed by atoms with Gasteiger partial charge in [0, 0.05) is 36.7 Å². The van der Waals surface area contributed by atoms with Crippen LogP contribution in [0.5, 0.6) is 11.6 Å². The maximum atomic E-state index is 12.6. The minimum absolute atomic E-state index is 0.0996. The first-order chi connectivity index (χ1) is 18.9. The number of methoxy groups -OCH3 is 1. The van der Waals surface area contributed by atoms with Crippen molar-refractivity contribution in [2.45, 2.75) is 45.4 Å². The topological polar surface area (TPSA) is 87.2 Å². The Labute approximate surface area is 228 Å². The maximum absolute atomic E-state index is 12.6. The highest BCUT2D eigenvalue weighted by Crippen LogP contribution is 2.29. The Bertz CT molecular complexity index is 1510. The van der Waals surface area contributed by atoms with Crippen molar-refractivity contribution in [1.29, 1.82) is 0 Å². The summed E-state index contributed by atoms with van der Waals surface area (Å²) in [4.78, 5) is 22.2. The lowest BCUT2D eigenvalue weighted by Crippen LogP contribution is -2.32. The third-order valence-corrected chi connectivity index (χ3v) is 7.12. The molecular weight excluding hydrogens is 490 g/mol. The highest BCUT2D eigenvalue weighted by Gasteiger charge is 2.24. The number of benzene rings is 3. The minimum atomic E-state index is -0.343. The molecule has 1 aromatic heterocycles. The lowest BCUT2D eigenvalue weighted by molar-refractivity contribution is 0.112. The summed E-state index contributed by atoms with van der Waals surface area (Å²) in [5, 5.41) is 11.8. The van der Waals surface area contributed by atoms with Gasteiger partial charge in [0.05, 0.1) is 24.0 Å². The van der Waals surface area contributed by atoms with E-state index in [1.165, 1.54) is 18.4 Å². The fourth-order valence-corrected chi connectivity index (χ4v) is 5.19. The standard InChI is InChI=1S/C32H35N3O4/c1-21(2)39-27-13-8-23(9-14-27)24-10-15-28-29(17-24)30(32(37)34-31(28)36)18-33-25-11-6-22(7-12-25)19-35-16-4-5-26(35)20-38-3/h6-15,17-18,21,26H,4-5,16,19-20H2,1-3H3,(H2,34,36,37)/t26-/m1/s1. The van der Waals surface area contributed by atoms with Crippen LogP contribution in [0.2, 0.25) is 0 Å². The molecule has 0 amide bonds. The van der Waals surface area contributed by atoms with Gasteiger partial charge in [0.2, 0.25) is 5.88 Å². The highest BCUT2D eigenvalue weighted by atomic mass is 16.5. The Morgan fingerprint density at radius 3 is 2.51 bits per heavy atom. The van der Waals surface area contributed by atoms with Crippen LogP contribution in [0.4, 0.5) is 5.69 Å². The normalized spacial score (nSPS) is 16.1. The fourth-order valence-electron chi connectivity index (χ4n) is 5.19. The van der Waals surface area contributed by atoms with Crippen LogP contribution in [-0.4, -0.2) is 53.6 Å². The molecule has 0 unspecified atom stereocenters. The van der Waals surface area contributed by atoms with Crippen LogP contribution >= 0.6 is 0 Å². The van der Waals surface area contributed by atoms with Gasteiger partial charge in [-0.25, -0.2) is 0 Å². The number of likely N-dealkylation sites (tertiary alicyclic amines) is 1. The Hall–Kier alpha value is -3.94. The number of hydrogen-bond acceptors (Lipinski definition) is 6. The fraction of sp³-hybridized carbons (Fsp3) is 0.312. The molecule has 0 bridgehead atoms. The van der Waals surface area contributed by atoms with Gasteiger partial charge in [-0.1, -0.05) is 30.3 Å².